The smallest absolute Gasteiger partial charge is 0.225 e. The minimum absolute atomic E-state index is 0. The molecule has 1 saturated heterocycles. The quantitative estimate of drug-likeness (QED) is 0.777. The van der Waals surface area contributed by atoms with E-state index in [1.807, 2.05) is 0 Å². The monoisotopic (exact) mass is 288 g/mol. The Morgan fingerprint density at radius 3 is 2.63 bits per heavy atom. The molecule has 0 aromatic heterocycles. The van der Waals surface area contributed by atoms with E-state index in [9.17, 15) is 9.18 Å². The largest absolute Gasteiger partial charge is 0.494 e. The lowest BCUT2D eigenvalue weighted by Gasteiger charge is -2.25. The predicted octanol–water partition coefficient (Wildman–Crippen LogP) is 1.35. The van der Waals surface area contributed by atoms with Crippen LogP contribution in [0.5, 0.6) is 5.75 Å². The van der Waals surface area contributed by atoms with Crippen LogP contribution in [-0.2, 0) is 4.79 Å². The van der Waals surface area contributed by atoms with Crippen molar-refractivity contribution in [2.75, 3.05) is 26.2 Å². The van der Waals surface area contributed by atoms with Crippen molar-refractivity contribution in [2.24, 2.45) is 5.92 Å². The van der Waals surface area contributed by atoms with Gasteiger partial charge in [0.05, 0.1) is 12.5 Å². The molecule has 2 N–H and O–H groups in total. The van der Waals surface area contributed by atoms with Crippen LogP contribution in [0.1, 0.15) is 6.42 Å². The van der Waals surface area contributed by atoms with Crippen LogP contribution in [0.2, 0.25) is 0 Å². The predicted molar refractivity (Wildman–Crippen MR) is 73.1 cm³/mol. The third-order valence-corrected chi connectivity index (χ3v) is 2.85. The molecule has 0 bridgehead atoms. The van der Waals surface area contributed by atoms with Crippen molar-refractivity contribution >= 4 is 18.3 Å². The van der Waals surface area contributed by atoms with Gasteiger partial charge in [0.25, 0.3) is 0 Å². The first-order valence-corrected chi connectivity index (χ1v) is 6.12. The van der Waals surface area contributed by atoms with Gasteiger partial charge in [0.15, 0.2) is 0 Å². The first-order chi connectivity index (χ1) is 8.75. The second kappa shape index (κ2) is 7.96. The maximum atomic E-state index is 12.6. The highest BCUT2D eigenvalue weighted by Gasteiger charge is 2.23. The zero-order chi connectivity index (χ0) is 12.8. The summed E-state index contributed by atoms with van der Waals surface area (Å²) in [6.45, 7) is 2.67. The van der Waals surface area contributed by atoms with Crippen molar-refractivity contribution in [1.29, 1.82) is 0 Å². The average Bonchev–Trinajstić information content (AvgIpc) is 2.29. The molecule has 0 saturated carbocycles. The van der Waals surface area contributed by atoms with Gasteiger partial charge in [-0.3, -0.25) is 4.79 Å². The van der Waals surface area contributed by atoms with Crippen LogP contribution in [0.25, 0.3) is 0 Å². The highest BCUT2D eigenvalue weighted by atomic mass is 35.5. The molecule has 1 aromatic rings. The molecule has 1 aliphatic rings. The summed E-state index contributed by atoms with van der Waals surface area (Å²) < 4.78 is 18.0. The van der Waals surface area contributed by atoms with Gasteiger partial charge in [0.2, 0.25) is 5.91 Å². The lowest BCUT2D eigenvalue weighted by Crippen LogP contribution is -2.50. The van der Waals surface area contributed by atoms with E-state index >= 15 is 0 Å². The Balaban J connectivity index is 0.00000180. The maximum Gasteiger partial charge on any atom is 0.225 e. The molecular weight excluding hydrogens is 271 g/mol. The molecule has 0 atom stereocenters. The summed E-state index contributed by atoms with van der Waals surface area (Å²) in [4.78, 5) is 11.5. The van der Waals surface area contributed by atoms with E-state index in [0.717, 1.165) is 19.5 Å². The van der Waals surface area contributed by atoms with E-state index in [1.165, 1.54) is 12.1 Å². The molecule has 0 radical (unpaired) electrons. The van der Waals surface area contributed by atoms with Crippen molar-refractivity contribution in [2.45, 2.75) is 6.42 Å². The van der Waals surface area contributed by atoms with Crippen LogP contribution >= 0.6 is 12.4 Å². The van der Waals surface area contributed by atoms with E-state index < -0.39 is 0 Å². The molecule has 1 fully saturated rings. The number of halogens is 2. The molecule has 4 nitrogen and oxygen atoms in total. The fourth-order valence-corrected chi connectivity index (χ4v) is 1.62. The molecular formula is C13H18ClFN2O2. The maximum absolute atomic E-state index is 12.6. The number of hydrogen-bond acceptors (Lipinski definition) is 3. The van der Waals surface area contributed by atoms with Gasteiger partial charge in [-0.2, -0.15) is 0 Å². The number of nitrogens with one attached hydrogen (secondary N) is 2. The molecule has 0 unspecified atom stereocenters. The van der Waals surface area contributed by atoms with Crippen molar-refractivity contribution in [3.05, 3.63) is 30.1 Å². The van der Waals surface area contributed by atoms with E-state index in [-0.39, 0.29) is 30.0 Å². The Hall–Kier alpha value is -1.33. The Labute approximate surface area is 118 Å². The normalized spacial score (nSPS) is 14.2. The van der Waals surface area contributed by atoms with Crippen molar-refractivity contribution in [3.8, 4) is 5.75 Å². The molecule has 106 valence electrons. The van der Waals surface area contributed by atoms with Crippen molar-refractivity contribution < 1.29 is 13.9 Å². The van der Waals surface area contributed by atoms with E-state index in [1.54, 1.807) is 12.1 Å². The van der Waals surface area contributed by atoms with Gasteiger partial charge >= 0.3 is 0 Å². The summed E-state index contributed by atoms with van der Waals surface area (Å²) in [5, 5.41) is 5.91. The molecule has 0 aliphatic carbocycles. The average molecular weight is 289 g/mol. The zero-order valence-corrected chi connectivity index (χ0v) is 11.3. The van der Waals surface area contributed by atoms with Gasteiger partial charge in [-0.05, 0) is 30.7 Å². The van der Waals surface area contributed by atoms with Gasteiger partial charge in [-0.25, -0.2) is 4.39 Å². The van der Waals surface area contributed by atoms with Crippen molar-refractivity contribution in [3.63, 3.8) is 0 Å². The third kappa shape index (κ3) is 5.04. The van der Waals surface area contributed by atoms with Crippen LogP contribution in [0.3, 0.4) is 0 Å². The Bertz CT molecular complexity index is 396. The summed E-state index contributed by atoms with van der Waals surface area (Å²) in [6.07, 6.45) is 0.739. The van der Waals surface area contributed by atoms with Crippen LogP contribution in [0.4, 0.5) is 4.39 Å². The number of benzene rings is 1. The highest BCUT2D eigenvalue weighted by molar-refractivity contribution is 5.85. The van der Waals surface area contributed by atoms with E-state index in [0.29, 0.717) is 18.9 Å². The van der Waals surface area contributed by atoms with Gasteiger partial charge in [-0.1, -0.05) is 0 Å². The lowest BCUT2D eigenvalue weighted by atomic mass is 10.0. The third-order valence-electron chi connectivity index (χ3n) is 2.85. The Morgan fingerprint density at radius 2 is 2.05 bits per heavy atom. The number of rotatable bonds is 6. The van der Waals surface area contributed by atoms with Gasteiger partial charge in [0, 0.05) is 19.6 Å². The summed E-state index contributed by atoms with van der Waals surface area (Å²) in [5.74, 6) is 0.605. The number of carbonyl (C=O) groups excluding carboxylic acids is 1. The summed E-state index contributed by atoms with van der Waals surface area (Å²) in [7, 11) is 0. The summed E-state index contributed by atoms with van der Waals surface area (Å²) >= 11 is 0. The van der Waals surface area contributed by atoms with Gasteiger partial charge < -0.3 is 15.4 Å². The molecule has 1 aliphatic heterocycles. The second-order valence-electron chi connectivity index (χ2n) is 4.30. The van der Waals surface area contributed by atoms with Crippen LogP contribution < -0.4 is 15.4 Å². The number of ether oxygens (including phenoxy) is 1. The van der Waals surface area contributed by atoms with E-state index in [2.05, 4.69) is 10.6 Å². The molecule has 6 heteroatoms. The van der Waals surface area contributed by atoms with Crippen LogP contribution in [0, 0.1) is 11.7 Å². The first-order valence-electron chi connectivity index (χ1n) is 6.12. The first kappa shape index (κ1) is 15.7. The van der Waals surface area contributed by atoms with Gasteiger partial charge in [0.1, 0.15) is 11.6 Å². The Kier molecular flexibility index (Phi) is 6.59. The van der Waals surface area contributed by atoms with Crippen LogP contribution in [0.15, 0.2) is 24.3 Å². The summed E-state index contributed by atoms with van der Waals surface area (Å²) in [6, 6.07) is 5.91. The molecule has 19 heavy (non-hydrogen) atoms. The second-order valence-corrected chi connectivity index (χ2v) is 4.30. The van der Waals surface area contributed by atoms with Crippen molar-refractivity contribution in [1.82, 2.24) is 10.6 Å². The van der Waals surface area contributed by atoms with Gasteiger partial charge in [-0.15, -0.1) is 12.4 Å². The van der Waals surface area contributed by atoms with E-state index in [4.69, 9.17) is 4.74 Å². The number of amides is 1. The number of hydrogen-bond donors (Lipinski definition) is 2. The fourth-order valence-electron chi connectivity index (χ4n) is 1.62. The van der Waals surface area contributed by atoms with Crippen LogP contribution in [-0.4, -0.2) is 32.1 Å². The lowest BCUT2D eigenvalue weighted by molar-refractivity contribution is -0.126. The fraction of sp³-hybridized carbons (Fsp3) is 0.462. The topological polar surface area (TPSA) is 50.4 Å². The number of carbonyl (C=O) groups is 1. The molecule has 0 spiro atoms. The minimum atomic E-state index is -0.274. The molecule has 2 rings (SSSR count). The SMILES string of the molecule is Cl.O=C(NCCCOc1ccc(F)cc1)C1CNC1. The minimum Gasteiger partial charge on any atom is -0.494 e. The molecule has 1 aromatic carbocycles. The zero-order valence-electron chi connectivity index (χ0n) is 10.5. The highest BCUT2D eigenvalue weighted by Crippen LogP contribution is 2.11. The summed E-state index contributed by atoms with van der Waals surface area (Å²) in [5.41, 5.74) is 0. The Morgan fingerprint density at radius 1 is 1.37 bits per heavy atom. The molecule has 1 amide bonds. The standard InChI is InChI=1S/C13H17FN2O2.ClH/c14-11-2-4-12(5-3-11)18-7-1-6-16-13(17)10-8-15-9-10;/h2-5,10,15H,1,6-9H2,(H,16,17);1H. The molecule has 1 heterocycles.